The van der Waals surface area contributed by atoms with Gasteiger partial charge in [-0.15, -0.1) is 0 Å². The molecule has 0 aromatic carbocycles. The minimum absolute atomic E-state index is 0.0573. The van der Waals surface area contributed by atoms with E-state index in [1.165, 1.54) is 19.3 Å². The third-order valence-electron chi connectivity index (χ3n) is 2.52. The first-order chi connectivity index (χ1) is 4.83. The van der Waals surface area contributed by atoms with E-state index in [4.69, 9.17) is 5.26 Å². The molecule has 0 bridgehead atoms. The Hall–Kier alpha value is -0.550. The molecule has 10 heavy (non-hydrogen) atoms. The Bertz CT molecular complexity index is 140. The summed E-state index contributed by atoms with van der Waals surface area (Å²) in [5.74, 6) is 0. The lowest BCUT2D eigenvalue weighted by atomic mass is 9.83. The Morgan fingerprint density at radius 2 is 1.90 bits per heavy atom. The van der Waals surface area contributed by atoms with Crippen molar-refractivity contribution >= 4 is 0 Å². The summed E-state index contributed by atoms with van der Waals surface area (Å²) < 4.78 is 0. The monoisotopic (exact) mass is 139 g/mol. The van der Waals surface area contributed by atoms with Crippen LogP contribution in [-0.2, 0) is 0 Å². The third kappa shape index (κ3) is 1.30. The molecule has 2 nitrogen and oxygen atoms in total. The molecule has 0 radical (unpaired) electrons. The third-order valence-corrected chi connectivity index (χ3v) is 2.52. The summed E-state index contributed by atoms with van der Waals surface area (Å²) in [6.07, 6.45) is 5.95. The number of nitrogens with two attached hydrogens (primary N) is 1. The molecule has 0 aliphatic heterocycles. The lowest BCUT2D eigenvalue weighted by Crippen LogP contribution is -2.93. The fourth-order valence-corrected chi connectivity index (χ4v) is 1.65. The second kappa shape index (κ2) is 3.03. The predicted molar refractivity (Wildman–Crippen MR) is 39.3 cm³/mol. The van der Waals surface area contributed by atoms with Gasteiger partial charge in [0.05, 0.1) is 7.05 Å². The van der Waals surface area contributed by atoms with Gasteiger partial charge in [-0.2, -0.15) is 5.26 Å². The van der Waals surface area contributed by atoms with Crippen LogP contribution in [0.2, 0.25) is 0 Å². The molecular formula is C8H15N2+. The number of nitriles is 1. The first kappa shape index (κ1) is 7.56. The van der Waals surface area contributed by atoms with E-state index in [0.29, 0.717) is 0 Å². The van der Waals surface area contributed by atoms with Crippen molar-refractivity contribution in [1.29, 1.82) is 5.26 Å². The van der Waals surface area contributed by atoms with E-state index < -0.39 is 0 Å². The van der Waals surface area contributed by atoms with E-state index in [2.05, 4.69) is 11.4 Å². The van der Waals surface area contributed by atoms with Crippen molar-refractivity contribution in [1.82, 2.24) is 0 Å². The second-order valence-corrected chi connectivity index (χ2v) is 3.12. The molecule has 0 unspecified atom stereocenters. The van der Waals surface area contributed by atoms with Crippen LogP contribution >= 0.6 is 0 Å². The Kier molecular flexibility index (Phi) is 2.29. The van der Waals surface area contributed by atoms with E-state index in [1.807, 2.05) is 7.05 Å². The minimum Gasteiger partial charge on any atom is -0.332 e. The van der Waals surface area contributed by atoms with E-state index in [9.17, 15) is 0 Å². The van der Waals surface area contributed by atoms with Gasteiger partial charge in [-0.1, -0.05) is 6.42 Å². The standard InChI is InChI=1S/C8H14N2/c1-10-8(7-9)5-3-2-4-6-8/h10H,2-6H2,1H3/p+1. The summed E-state index contributed by atoms with van der Waals surface area (Å²) in [4.78, 5) is 0. The van der Waals surface area contributed by atoms with E-state index in [0.717, 1.165) is 12.8 Å². The van der Waals surface area contributed by atoms with Crippen LogP contribution in [-0.4, -0.2) is 12.6 Å². The quantitative estimate of drug-likeness (QED) is 0.561. The molecule has 1 rings (SSSR count). The molecule has 0 amide bonds. The molecule has 0 aromatic rings. The summed E-state index contributed by atoms with van der Waals surface area (Å²) in [7, 11) is 2.01. The number of hydrogen-bond donors (Lipinski definition) is 1. The maximum Gasteiger partial charge on any atom is 0.182 e. The first-order valence-electron chi connectivity index (χ1n) is 4.05. The zero-order valence-corrected chi connectivity index (χ0v) is 6.56. The van der Waals surface area contributed by atoms with Gasteiger partial charge >= 0.3 is 0 Å². The Labute approximate surface area is 62.2 Å². The normalized spacial score (nSPS) is 23.6. The highest BCUT2D eigenvalue weighted by Gasteiger charge is 2.33. The Morgan fingerprint density at radius 1 is 1.30 bits per heavy atom. The largest absolute Gasteiger partial charge is 0.332 e. The van der Waals surface area contributed by atoms with Gasteiger partial charge in [-0.05, 0) is 12.8 Å². The molecule has 56 valence electrons. The average Bonchev–Trinajstić information content (AvgIpc) is 2.06. The molecule has 1 fully saturated rings. The molecule has 1 saturated carbocycles. The van der Waals surface area contributed by atoms with Crippen LogP contribution < -0.4 is 5.32 Å². The topological polar surface area (TPSA) is 40.4 Å². The summed E-state index contributed by atoms with van der Waals surface area (Å²) in [5, 5.41) is 10.9. The van der Waals surface area contributed by atoms with Gasteiger partial charge in [0.15, 0.2) is 5.54 Å². The van der Waals surface area contributed by atoms with Crippen molar-refractivity contribution in [2.75, 3.05) is 7.05 Å². The maximum atomic E-state index is 8.86. The summed E-state index contributed by atoms with van der Waals surface area (Å²) in [6, 6.07) is 2.41. The summed E-state index contributed by atoms with van der Waals surface area (Å²) in [6.45, 7) is 0. The fourth-order valence-electron chi connectivity index (χ4n) is 1.65. The van der Waals surface area contributed by atoms with Gasteiger partial charge in [-0.3, -0.25) is 0 Å². The van der Waals surface area contributed by atoms with E-state index in [-0.39, 0.29) is 5.54 Å². The summed E-state index contributed by atoms with van der Waals surface area (Å²) in [5.41, 5.74) is -0.0573. The van der Waals surface area contributed by atoms with E-state index in [1.54, 1.807) is 0 Å². The highest BCUT2D eigenvalue weighted by Crippen LogP contribution is 2.23. The predicted octanol–water partition coefficient (Wildman–Crippen LogP) is 0.406. The van der Waals surface area contributed by atoms with Gasteiger partial charge in [0.1, 0.15) is 6.07 Å². The fraction of sp³-hybridized carbons (Fsp3) is 0.875. The van der Waals surface area contributed by atoms with E-state index >= 15 is 0 Å². The molecule has 0 heterocycles. The van der Waals surface area contributed by atoms with Crippen molar-refractivity contribution < 1.29 is 5.32 Å². The number of hydrogen-bond acceptors (Lipinski definition) is 1. The van der Waals surface area contributed by atoms with Gasteiger partial charge in [-0.25, -0.2) is 0 Å². The smallest absolute Gasteiger partial charge is 0.182 e. The van der Waals surface area contributed by atoms with Gasteiger partial charge in [0, 0.05) is 12.8 Å². The molecule has 0 aromatic heterocycles. The molecule has 2 heteroatoms. The van der Waals surface area contributed by atoms with Crippen LogP contribution in [0.5, 0.6) is 0 Å². The van der Waals surface area contributed by atoms with Crippen LogP contribution in [0.15, 0.2) is 0 Å². The maximum absolute atomic E-state index is 8.86. The van der Waals surface area contributed by atoms with Gasteiger partial charge < -0.3 is 5.32 Å². The van der Waals surface area contributed by atoms with Crippen molar-refractivity contribution in [3.8, 4) is 6.07 Å². The lowest BCUT2D eigenvalue weighted by molar-refractivity contribution is -0.692. The van der Waals surface area contributed by atoms with Crippen molar-refractivity contribution in [3.63, 3.8) is 0 Å². The minimum atomic E-state index is -0.0573. The average molecular weight is 139 g/mol. The van der Waals surface area contributed by atoms with Crippen LogP contribution in [0, 0.1) is 11.3 Å². The number of rotatable bonds is 1. The highest BCUT2D eigenvalue weighted by atomic mass is 14.9. The zero-order valence-electron chi connectivity index (χ0n) is 6.56. The van der Waals surface area contributed by atoms with Crippen molar-refractivity contribution in [2.45, 2.75) is 37.6 Å². The summed E-state index contributed by atoms with van der Waals surface area (Å²) >= 11 is 0. The zero-order chi connectivity index (χ0) is 7.45. The SMILES string of the molecule is C[NH2+]C1(C#N)CCCCC1. The molecule has 1 aliphatic rings. The Balaban J connectivity index is 2.55. The van der Waals surface area contributed by atoms with Crippen molar-refractivity contribution in [3.05, 3.63) is 0 Å². The molecule has 2 N–H and O–H groups in total. The number of quaternary nitrogens is 1. The van der Waals surface area contributed by atoms with Gasteiger partial charge in [0.2, 0.25) is 0 Å². The Morgan fingerprint density at radius 3 is 2.20 bits per heavy atom. The second-order valence-electron chi connectivity index (χ2n) is 3.12. The molecule has 0 spiro atoms. The molecule has 1 aliphatic carbocycles. The molecule has 0 saturated heterocycles. The first-order valence-corrected chi connectivity index (χ1v) is 4.05. The van der Waals surface area contributed by atoms with Crippen LogP contribution in [0.1, 0.15) is 32.1 Å². The number of nitrogens with zero attached hydrogens (tertiary/aromatic N) is 1. The van der Waals surface area contributed by atoms with Crippen LogP contribution in [0.25, 0.3) is 0 Å². The van der Waals surface area contributed by atoms with Crippen LogP contribution in [0.3, 0.4) is 0 Å². The lowest BCUT2D eigenvalue weighted by Gasteiger charge is -2.26. The van der Waals surface area contributed by atoms with Crippen molar-refractivity contribution in [2.24, 2.45) is 0 Å². The highest BCUT2D eigenvalue weighted by molar-refractivity contribution is 5.00. The molecule has 0 atom stereocenters. The van der Waals surface area contributed by atoms with Gasteiger partial charge in [0.25, 0.3) is 0 Å². The van der Waals surface area contributed by atoms with Crippen LogP contribution in [0.4, 0.5) is 0 Å². The molecular weight excluding hydrogens is 124 g/mol.